The first-order valence-corrected chi connectivity index (χ1v) is 9.69. The lowest BCUT2D eigenvalue weighted by atomic mass is 9.82. The van der Waals surface area contributed by atoms with E-state index in [1.807, 2.05) is 36.4 Å². The number of hydrogen-bond acceptors (Lipinski definition) is 4. The number of hydrazone groups is 1. The van der Waals surface area contributed by atoms with Crippen LogP contribution in [0.5, 0.6) is 0 Å². The molecule has 1 aliphatic heterocycles. The average molecular weight is 495 g/mol. The maximum atomic E-state index is 12.7. The Bertz CT molecular complexity index is 897. The largest absolute Gasteiger partial charge is 0.468 e. The van der Waals surface area contributed by atoms with Crippen molar-refractivity contribution in [2.45, 2.75) is 6.92 Å². The lowest BCUT2D eigenvalue weighted by Crippen LogP contribution is -2.42. The number of amides is 2. The summed E-state index contributed by atoms with van der Waals surface area (Å²) in [5.41, 5.74) is 0.827. The van der Waals surface area contributed by atoms with Gasteiger partial charge in [0.05, 0.1) is 19.4 Å². The minimum Gasteiger partial charge on any atom is -0.468 e. The van der Waals surface area contributed by atoms with Crippen molar-refractivity contribution in [3.05, 3.63) is 63.0 Å². The molecule has 2 aromatic carbocycles. The van der Waals surface area contributed by atoms with Crippen LogP contribution in [0.3, 0.4) is 0 Å². The normalized spacial score (nSPS) is 18.8. The van der Waals surface area contributed by atoms with E-state index < -0.39 is 17.4 Å². The quantitative estimate of drug-likeness (QED) is 0.631. The molecule has 0 bridgehead atoms. The number of rotatable bonds is 3. The molecular weight excluding hydrogens is 478 g/mol. The van der Waals surface area contributed by atoms with Gasteiger partial charge >= 0.3 is 12.0 Å². The third-order valence-electron chi connectivity index (χ3n) is 4.29. The van der Waals surface area contributed by atoms with Crippen LogP contribution in [0.25, 0.3) is 0 Å². The van der Waals surface area contributed by atoms with E-state index in [9.17, 15) is 9.59 Å². The van der Waals surface area contributed by atoms with Crippen LogP contribution in [0.4, 0.5) is 10.5 Å². The van der Waals surface area contributed by atoms with Gasteiger partial charge in [0.25, 0.3) is 0 Å². The molecule has 3 rings (SSSR count). The summed E-state index contributed by atoms with van der Waals surface area (Å²) in [6.07, 6.45) is 0. The van der Waals surface area contributed by atoms with Crippen LogP contribution >= 0.6 is 31.9 Å². The first kappa shape index (κ1) is 19.6. The second kappa shape index (κ2) is 7.82. The first-order valence-electron chi connectivity index (χ1n) is 8.11. The molecule has 0 radical (unpaired) electrons. The van der Waals surface area contributed by atoms with Crippen molar-refractivity contribution in [2.75, 3.05) is 19.0 Å². The standard InChI is InChI=1S/C19H17Br2N3O3/c1-19(17(25)27-2)11-24(18(26)22-15-9-7-14(21)8-10-15)23-16(19)12-3-5-13(20)6-4-12/h3-10H,11H2,1-2H3,(H,22,26). The van der Waals surface area contributed by atoms with Gasteiger partial charge in [-0.25, -0.2) is 9.80 Å². The smallest absolute Gasteiger partial charge is 0.342 e. The highest BCUT2D eigenvalue weighted by Gasteiger charge is 2.48. The lowest BCUT2D eigenvalue weighted by molar-refractivity contribution is -0.147. The number of esters is 1. The number of urea groups is 1. The monoisotopic (exact) mass is 493 g/mol. The second-order valence-corrected chi connectivity index (χ2v) is 8.11. The highest BCUT2D eigenvalue weighted by Crippen LogP contribution is 2.33. The molecule has 27 heavy (non-hydrogen) atoms. The summed E-state index contributed by atoms with van der Waals surface area (Å²) in [6, 6.07) is 14.2. The second-order valence-electron chi connectivity index (χ2n) is 6.27. The van der Waals surface area contributed by atoms with E-state index >= 15 is 0 Å². The van der Waals surface area contributed by atoms with Crippen LogP contribution in [0, 0.1) is 5.41 Å². The van der Waals surface area contributed by atoms with Crippen LogP contribution in [-0.2, 0) is 9.53 Å². The predicted molar refractivity (Wildman–Crippen MR) is 111 cm³/mol. The van der Waals surface area contributed by atoms with Gasteiger partial charge in [-0.2, -0.15) is 5.10 Å². The van der Waals surface area contributed by atoms with Crippen LogP contribution in [0.2, 0.25) is 0 Å². The van der Waals surface area contributed by atoms with E-state index in [2.05, 4.69) is 42.3 Å². The SMILES string of the molecule is COC(=O)C1(C)CN(C(=O)Nc2ccc(Br)cc2)N=C1c1ccc(Br)cc1. The predicted octanol–water partition coefficient (Wildman–Crippen LogP) is 4.64. The summed E-state index contributed by atoms with van der Waals surface area (Å²) in [5, 5.41) is 8.48. The number of anilines is 1. The molecule has 2 aromatic rings. The van der Waals surface area contributed by atoms with Gasteiger partial charge in [0.15, 0.2) is 0 Å². The van der Waals surface area contributed by atoms with Crippen molar-refractivity contribution < 1.29 is 14.3 Å². The molecule has 140 valence electrons. The zero-order valence-corrected chi connectivity index (χ0v) is 17.9. The third kappa shape index (κ3) is 4.06. The van der Waals surface area contributed by atoms with Gasteiger partial charge < -0.3 is 10.1 Å². The Morgan fingerprint density at radius 1 is 1.07 bits per heavy atom. The van der Waals surface area contributed by atoms with Gasteiger partial charge in [0.2, 0.25) is 0 Å². The van der Waals surface area contributed by atoms with Gasteiger partial charge in [-0.3, -0.25) is 4.79 Å². The summed E-state index contributed by atoms with van der Waals surface area (Å²) in [6.45, 7) is 1.82. The van der Waals surface area contributed by atoms with Gasteiger partial charge in [-0.05, 0) is 48.9 Å². The molecule has 0 saturated heterocycles. The molecule has 1 heterocycles. The molecule has 6 nitrogen and oxygen atoms in total. The van der Waals surface area contributed by atoms with E-state index in [-0.39, 0.29) is 6.54 Å². The summed E-state index contributed by atoms with van der Waals surface area (Å²) in [5.74, 6) is -0.442. The maximum absolute atomic E-state index is 12.7. The van der Waals surface area contributed by atoms with E-state index in [4.69, 9.17) is 4.74 Å². The Balaban J connectivity index is 1.90. The van der Waals surface area contributed by atoms with Crippen molar-refractivity contribution in [1.82, 2.24) is 5.01 Å². The minimum absolute atomic E-state index is 0.0907. The number of hydrogen-bond donors (Lipinski definition) is 1. The Morgan fingerprint density at radius 2 is 1.63 bits per heavy atom. The van der Waals surface area contributed by atoms with Gasteiger partial charge in [0.1, 0.15) is 5.41 Å². The highest BCUT2D eigenvalue weighted by atomic mass is 79.9. The van der Waals surface area contributed by atoms with E-state index in [1.165, 1.54) is 12.1 Å². The first-order chi connectivity index (χ1) is 12.8. The number of carbonyl (C=O) groups excluding carboxylic acids is 2. The van der Waals surface area contributed by atoms with Crippen LogP contribution in [0.15, 0.2) is 62.6 Å². The Kier molecular flexibility index (Phi) is 5.67. The Labute approximate surface area is 173 Å². The van der Waals surface area contributed by atoms with Gasteiger partial charge in [-0.1, -0.05) is 44.0 Å². The van der Waals surface area contributed by atoms with Crippen molar-refractivity contribution >= 4 is 55.3 Å². The van der Waals surface area contributed by atoms with Crippen LogP contribution < -0.4 is 5.32 Å². The molecule has 0 saturated carbocycles. The van der Waals surface area contributed by atoms with Gasteiger partial charge in [-0.15, -0.1) is 0 Å². The van der Waals surface area contributed by atoms with Crippen LogP contribution in [-0.4, -0.2) is 36.4 Å². The highest BCUT2D eigenvalue weighted by molar-refractivity contribution is 9.10. The molecule has 1 aliphatic rings. The van der Waals surface area contributed by atoms with Crippen LogP contribution in [0.1, 0.15) is 12.5 Å². The summed E-state index contributed by atoms with van der Waals surface area (Å²) in [7, 11) is 1.33. The van der Waals surface area contributed by atoms with E-state index in [0.29, 0.717) is 11.4 Å². The molecular formula is C19H17Br2N3O3. The minimum atomic E-state index is -1.06. The molecule has 0 spiro atoms. The number of carbonyl (C=O) groups is 2. The number of ether oxygens (including phenoxy) is 1. The fourth-order valence-corrected chi connectivity index (χ4v) is 3.38. The zero-order valence-electron chi connectivity index (χ0n) is 14.7. The fourth-order valence-electron chi connectivity index (χ4n) is 2.85. The van der Waals surface area contributed by atoms with E-state index in [0.717, 1.165) is 14.5 Å². The molecule has 0 fully saturated rings. The van der Waals surface area contributed by atoms with Crippen molar-refractivity contribution in [1.29, 1.82) is 0 Å². The maximum Gasteiger partial charge on any atom is 0.342 e. The average Bonchev–Trinajstić information content (AvgIpc) is 3.02. The topological polar surface area (TPSA) is 71.0 Å². The number of benzene rings is 2. The molecule has 1 atom stereocenters. The number of nitrogens with one attached hydrogen (secondary N) is 1. The summed E-state index contributed by atoms with van der Waals surface area (Å²) < 4.78 is 6.80. The van der Waals surface area contributed by atoms with Crippen molar-refractivity contribution in [3.8, 4) is 0 Å². The Morgan fingerprint density at radius 3 is 2.19 bits per heavy atom. The molecule has 1 unspecified atom stereocenters. The molecule has 1 N–H and O–H groups in total. The Hall–Kier alpha value is -2.19. The molecule has 8 heteroatoms. The molecule has 2 amide bonds. The summed E-state index contributed by atoms with van der Waals surface area (Å²) in [4.78, 5) is 25.1. The van der Waals surface area contributed by atoms with Crippen molar-refractivity contribution in [3.63, 3.8) is 0 Å². The molecule has 0 aliphatic carbocycles. The van der Waals surface area contributed by atoms with Crippen molar-refractivity contribution in [2.24, 2.45) is 10.5 Å². The number of halogens is 2. The zero-order chi connectivity index (χ0) is 19.6. The summed E-state index contributed by atoms with van der Waals surface area (Å²) >= 11 is 6.75. The third-order valence-corrected chi connectivity index (χ3v) is 5.35. The number of nitrogens with zero attached hydrogens (tertiary/aromatic N) is 2. The fraction of sp³-hybridized carbons (Fsp3) is 0.211. The van der Waals surface area contributed by atoms with E-state index in [1.54, 1.807) is 19.1 Å². The molecule has 0 aromatic heterocycles. The lowest BCUT2D eigenvalue weighted by Gasteiger charge is -2.23. The van der Waals surface area contributed by atoms with Gasteiger partial charge in [0, 0.05) is 14.6 Å². The number of methoxy groups -OCH3 is 1.